The van der Waals surface area contributed by atoms with Crippen LogP contribution in [0.5, 0.6) is 5.75 Å². The number of phenols is 1. The smallest absolute Gasteiger partial charge is 0.282 e. The lowest BCUT2D eigenvalue weighted by molar-refractivity contribution is -0.385. The molecule has 0 heterocycles. The van der Waals surface area contributed by atoms with Gasteiger partial charge in [-0.1, -0.05) is 0 Å². The van der Waals surface area contributed by atoms with E-state index < -0.39 is 16.5 Å². The van der Waals surface area contributed by atoms with Crippen LogP contribution in [0.3, 0.4) is 0 Å². The third-order valence-corrected chi connectivity index (χ3v) is 2.90. The predicted octanol–water partition coefficient (Wildman–Crippen LogP) is 0.851. The number of hydrogen-bond donors (Lipinski definition) is 1. The van der Waals surface area contributed by atoms with Crippen molar-refractivity contribution in [1.82, 2.24) is 9.80 Å². The summed E-state index contributed by atoms with van der Waals surface area (Å²) in [6, 6.07) is 3.23. The molecule has 1 aromatic rings. The molecule has 2 amide bonds. The van der Waals surface area contributed by atoms with E-state index in [1.807, 2.05) is 0 Å². The van der Waals surface area contributed by atoms with E-state index in [4.69, 9.17) is 0 Å². The molecule has 0 saturated heterocycles. The Balaban J connectivity index is 3.13. The average Bonchev–Trinajstić information content (AvgIpc) is 2.43. The standard InChI is InChI=1S/C13H17N3O5/c1-4-15(8-12(18)14(2)3)13(19)10-7-9(17)5-6-11(10)16(20)21/h5-7,17H,4,8H2,1-3H3. The predicted molar refractivity (Wildman–Crippen MR) is 75.0 cm³/mol. The highest BCUT2D eigenvalue weighted by Gasteiger charge is 2.26. The van der Waals surface area contributed by atoms with Crippen molar-refractivity contribution in [3.8, 4) is 5.75 Å². The van der Waals surface area contributed by atoms with Gasteiger partial charge in [0.05, 0.1) is 11.5 Å². The van der Waals surface area contributed by atoms with Crippen molar-refractivity contribution in [3.05, 3.63) is 33.9 Å². The summed E-state index contributed by atoms with van der Waals surface area (Å²) in [5.41, 5.74) is -0.651. The highest BCUT2D eigenvalue weighted by atomic mass is 16.6. The van der Waals surface area contributed by atoms with Crippen molar-refractivity contribution in [1.29, 1.82) is 0 Å². The maximum atomic E-state index is 12.4. The highest BCUT2D eigenvalue weighted by Crippen LogP contribution is 2.24. The number of benzene rings is 1. The lowest BCUT2D eigenvalue weighted by Gasteiger charge is -2.22. The summed E-state index contributed by atoms with van der Waals surface area (Å²) in [6.07, 6.45) is 0. The monoisotopic (exact) mass is 295 g/mol. The molecule has 0 aromatic heterocycles. The molecule has 21 heavy (non-hydrogen) atoms. The number of amides is 2. The lowest BCUT2D eigenvalue weighted by Crippen LogP contribution is -2.40. The van der Waals surface area contributed by atoms with Gasteiger partial charge in [-0.15, -0.1) is 0 Å². The first-order valence-corrected chi connectivity index (χ1v) is 6.24. The molecular weight excluding hydrogens is 278 g/mol. The molecular formula is C13H17N3O5. The Labute approximate surface area is 121 Å². The van der Waals surface area contributed by atoms with Gasteiger partial charge in [0, 0.05) is 26.7 Å². The van der Waals surface area contributed by atoms with Gasteiger partial charge in [0.25, 0.3) is 11.6 Å². The highest BCUT2D eigenvalue weighted by molar-refractivity contribution is 6.00. The summed E-state index contributed by atoms with van der Waals surface area (Å²) >= 11 is 0. The summed E-state index contributed by atoms with van der Waals surface area (Å²) in [7, 11) is 3.11. The fourth-order valence-electron chi connectivity index (χ4n) is 1.66. The number of carbonyl (C=O) groups excluding carboxylic acids is 2. The minimum Gasteiger partial charge on any atom is -0.508 e. The van der Waals surface area contributed by atoms with Crippen molar-refractivity contribution in [2.45, 2.75) is 6.92 Å². The first-order valence-electron chi connectivity index (χ1n) is 6.24. The minimum absolute atomic E-state index is 0.185. The molecule has 0 aliphatic rings. The van der Waals surface area contributed by atoms with Gasteiger partial charge in [-0.3, -0.25) is 19.7 Å². The van der Waals surface area contributed by atoms with Crippen LogP contribution in [0.25, 0.3) is 0 Å². The number of hydrogen-bond acceptors (Lipinski definition) is 5. The van der Waals surface area contributed by atoms with E-state index in [-0.39, 0.29) is 30.3 Å². The zero-order valence-corrected chi connectivity index (χ0v) is 12.1. The van der Waals surface area contributed by atoms with Crippen LogP contribution < -0.4 is 0 Å². The van der Waals surface area contributed by atoms with E-state index in [1.165, 1.54) is 9.80 Å². The number of nitro benzene ring substituents is 1. The van der Waals surface area contributed by atoms with E-state index >= 15 is 0 Å². The minimum atomic E-state index is -0.700. The van der Waals surface area contributed by atoms with Crippen molar-refractivity contribution >= 4 is 17.5 Å². The second-order valence-electron chi connectivity index (χ2n) is 4.57. The summed E-state index contributed by atoms with van der Waals surface area (Å²) in [6.45, 7) is 1.69. The number of nitro groups is 1. The Morgan fingerprint density at radius 1 is 1.33 bits per heavy atom. The van der Waals surface area contributed by atoms with Crippen LogP contribution in [0.1, 0.15) is 17.3 Å². The molecule has 1 aromatic carbocycles. The topological polar surface area (TPSA) is 104 Å². The molecule has 1 rings (SSSR count). The zero-order chi connectivity index (χ0) is 16.2. The molecule has 0 radical (unpaired) electrons. The number of nitrogens with zero attached hydrogens (tertiary/aromatic N) is 3. The van der Waals surface area contributed by atoms with Crippen LogP contribution in [0.15, 0.2) is 18.2 Å². The fraction of sp³-hybridized carbons (Fsp3) is 0.385. The Hall–Kier alpha value is -2.64. The largest absolute Gasteiger partial charge is 0.508 e. The Morgan fingerprint density at radius 2 is 1.95 bits per heavy atom. The first-order chi connectivity index (χ1) is 9.77. The van der Waals surface area contributed by atoms with Crippen molar-refractivity contribution in [3.63, 3.8) is 0 Å². The van der Waals surface area contributed by atoms with Crippen LogP contribution in [0, 0.1) is 10.1 Å². The quantitative estimate of drug-likeness (QED) is 0.640. The van der Waals surface area contributed by atoms with Crippen molar-refractivity contribution < 1.29 is 19.6 Å². The van der Waals surface area contributed by atoms with Gasteiger partial charge in [0.15, 0.2) is 0 Å². The molecule has 8 nitrogen and oxygen atoms in total. The van der Waals surface area contributed by atoms with E-state index in [1.54, 1.807) is 21.0 Å². The van der Waals surface area contributed by atoms with E-state index in [9.17, 15) is 24.8 Å². The number of phenolic OH excluding ortho intramolecular Hbond substituents is 1. The average molecular weight is 295 g/mol. The molecule has 8 heteroatoms. The van der Waals surface area contributed by atoms with Gasteiger partial charge in [-0.05, 0) is 19.1 Å². The van der Waals surface area contributed by atoms with E-state index in [2.05, 4.69) is 0 Å². The first kappa shape index (κ1) is 16.4. The molecule has 0 spiro atoms. The third-order valence-electron chi connectivity index (χ3n) is 2.90. The Kier molecular flexibility index (Phi) is 5.23. The van der Waals surface area contributed by atoms with Crippen LogP contribution in [0.4, 0.5) is 5.69 Å². The molecule has 0 bridgehead atoms. The molecule has 0 aliphatic heterocycles. The van der Waals surface area contributed by atoms with Crippen LogP contribution >= 0.6 is 0 Å². The summed E-state index contributed by atoms with van der Waals surface area (Å²) in [4.78, 5) is 36.8. The molecule has 0 unspecified atom stereocenters. The second-order valence-corrected chi connectivity index (χ2v) is 4.57. The number of rotatable bonds is 5. The number of aromatic hydroxyl groups is 1. The number of likely N-dealkylation sites (N-methyl/N-ethyl adjacent to an activating group) is 2. The molecule has 114 valence electrons. The van der Waals surface area contributed by atoms with Crippen LogP contribution in [-0.2, 0) is 4.79 Å². The van der Waals surface area contributed by atoms with Crippen LogP contribution in [0.2, 0.25) is 0 Å². The molecule has 0 aliphatic carbocycles. The summed E-state index contributed by atoms with van der Waals surface area (Å²) in [5, 5.41) is 20.4. The normalized spacial score (nSPS) is 10.0. The Bertz CT molecular complexity index is 571. The maximum Gasteiger partial charge on any atom is 0.282 e. The van der Waals surface area contributed by atoms with Gasteiger partial charge in [-0.25, -0.2) is 0 Å². The van der Waals surface area contributed by atoms with Gasteiger partial charge in [0.1, 0.15) is 11.3 Å². The summed E-state index contributed by atoms with van der Waals surface area (Å²) < 4.78 is 0. The van der Waals surface area contributed by atoms with Crippen molar-refractivity contribution in [2.75, 3.05) is 27.2 Å². The second kappa shape index (κ2) is 6.69. The summed E-state index contributed by atoms with van der Waals surface area (Å²) in [5.74, 6) is -1.22. The SMILES string of the molecule is CCN(CC(=O)N(C)C)C(=O)c1cc(O)ccc1[N+](=O)[O-]. The van der Waals surface area contributed by atoms with Crippen LogP contribution in [-0.4, -0.2) is 58.8 Å². The van der Waals surface area contributed by atoms with Gasteiger partial charge >= 0.3 is 0 Å². The van der Waals surface area contributed by atoms with Crippen molar-refractivity contribution in [2.24, 2.45) is 0 Å². The van der Waals surface area contributed by atoms with E-state index in [0.29, 0.717) is 0 Å². The van der Waals surface area contributed by atoms with Gasteiger partial charge < -0.3 is 14.9 Å². The van der Waals surface area contributed by atoms with E-state index in [0.717, 1.165) is 18.2 Å². The van der Waals surface area contributed by atoms with Gasteiger partial charge in [-0.2, -0.15) is 0 Å². The third kappa shape index (κ3) is 3.91. The zero-order valence-electron chi connectivity index (χ0n) is 12.1. The fourth-order valence-corrected chi connectivity index (χ4v) is 1.66. The molecule has 1 N–H and O–H groups in total. The van der Waals surface area contributed by atoms with Gasteiger partial charge in [0.2, 0.25) is 5.91 Å². The molecule has 0 saturated carbocycles. The molecule has 0 atom stereocenters. The Morgan fingerprint density at radius 3 is 2.43 bits per heavy atom. The maximum absolute atomic E-state index is 12.4. The number of carbonyl (C=O) groups is 2. The molecule has 0 fully saturated rings. The lowest BCUT2D eigenvalue weighted by atomic mass is 10.1.